The van der Waals surface area contributed by atoms with E-state index in [0.29, 0.717) is 5.92 Å². The molecule has 0 radical (unpaired) electrons. The summed E-state index contributed by atoms with van der Waals surface area (Å²) >= 11 is 0. The first kappa shape index (κ1) is 9.83. The number of hydrogen-bond donors (Lipinski definition) is 1. The van der Waals surface area contributed by atoms with Crippen LogP contribution in [0.2, 0.25) is 0 Å². The van der Waals surface area contributed by atoms with Crippen molar-refractivity contribution >= 4 is 10.8 Å². The molecule has 0 saturated heterocycles. The summed E-state index contributed by atoms with van der Waals surface area (Å²) in [5.74, 6) is 2.47. The zero-order chi connectivity index (χ0) is 11.9. The summed E-state index contributed by atoms with van der Waals surface area (Å²) in [6.07, 6.45) is 2.48. The largest absolute Gasteiger partial charge is 0.262 e. The molecule has 0 spiro atoms. The van der Waals surface area contributed by atoms with Crippen LogP contribution in [0.15, 0.2) is 42.5 Å². The molecule has 0 unspecified atom stereocenters. The SMILES string of the molecule is c1ccc2c(-c3n[nH]c(C4CC4)n3)cccc2c1. The first-order valence-corrected chi connectivity index (χ1v) is 6.32. The van der Waals surface area contributed by atoms with E-state index in [-0.39, 0.29) is 0 Å². The van der Waals surface area contributed by atoms with Crippen LogP contribution in [0, 0.1) is 0 Å². The highest BCUT2D eigenvalue weighted by Crippen LogP contribution is 2.38. The monoisotopic (exact) mass is 235 g/mol. The normalized spacial score (nSPS) is 15.1. The molecule has 2 aromatic carbocycles. The van der Waals surface area contributed by atoms with Gasteiger partial charge in [0, 0.05) is 11.5 Å². The highest BCUT2D eigenvalue weighted by Gasteiger charge is 2.27. The van der Waals surface area contributed by atoms with Crippen LogP contribution in [0.4, 0.5) is 0 Å². The molecule has 88 valence electrons. The summed E-state index contributed by atoms with van der Waals surface area (Å²) in [6, 6.07) is 14.6. The van der Waals surface area contributed by atoms with Gasteiger partial charge in [0.2, 0.25) is 0 Å². The zero-order valence-corrected chi connectivity index (χ0v) is 9.93. The Labute approximate surface area is 105 Å². The van der Waals surface area contributed by atoms with Gasteiger partial charge in [-0.25, -0.2) is 4.98 Å². The summed E-state index contributed by atoms with van der Waals surface area (Å²) in [6.45, 7) is 0. The van der Waals surface area contributed by atoms with Gasteiger partial charge >= 0.3 is 0 Å². The Morgan fingerprint density at radius 1 is 1.00 bits per heavy atom. The first-order valence-electron chi connectivity index (χ1n) is 6.32. The maximum absolute atomic E-state index is 4.63. The van der Waals surface area contributed by atoms with E-state index in [1.54, 1.807) is 0 Å². The number of hydrogen-bond acceptors (Lipinski definition) is 2. The van der Waals surface area contributed by atoms with E-state index in [9.17, 15) is 0 Å². The topological polar surface area (TPSA) is 41.6 Å². The molecule has 1 fully saturated rings. The molecule has 3 aromatic rings. The average Bonchev–Trinajstić information content (AvgIpc) is 3.16. The van der Waals surface area contributed by atoms with Gasteiger partial charge in [0.1, 0.15) is 5.82 Å². The third kappa shape index (κ3) is 1.51. The minimum Gasteiger partial charge on any atom is -0.262 e. The van der Waals surface area contributed by atoms with Gasteiger partial charge in [0.05, 0.1) is 0 Å². The zero-order valence-electron chi connectivity index (χ0n) is 9.93. The molecule has 0 aliphatic heterocycles. The van der Waals surface area contributed by atoms with E-state index in [0.717, 1.165) is 17.2 Å². The van der Waals surface area contributed by atoms with Gasteiger partial charge in [-0.05, 0) is 23.6 Å². The molecular formula is C15H13N3. The number of H-pyrrole nitrogens is 1. The van der Waals surface area contributed by atoms with Crippen LogP contribution in [0.1, 0.15) is 24.6 Å². The standard InChI is InChI=1S/C15H13N3/c1-2-6-12-10(4-1)5-3-7-13(12)15-16-14(17-18-15)11-8-9-11/h1-7,11H,8-9H2,(H,16,17,18). The summed E-state index contributed by atoms with van der Waals surface area (Å²) in [5, 5.41) is 9.87. The third-order valence-corrected chi connectivity index (χ3v) is 3.50. The quantitative estimate of drug-likeness (QED) is 0.738. The van der Waals surface area contributed by atoms with Gasteiger partial charge in [-0.15, -0.1) is 0 Å². The van der Waals surface area contributed by atoms with Gasteiger partial charge in [-0.3, -0.25) is 5.10 Å². The number of benzene rings is 2. The van der Waals surface area contributed by atoms with Gasteiger partial charge in [0.25, 0.3) is 0 Å². The fourth-order valence-electron chi connectivity index (χ4n) is 2.35. The van der Waals surface area contributed by atoms with Crippen molar-refractivity contribution < 1.29 is 0 Å². The van der Waals surface area contributed by atoms with Gasteiger partial charge in [0.15, 0.2) is 5.82 Å². The summed E-state index contributed by atoms with van der Waals surface area (Å²) < 4.78 is 0. The molecule has 1 aromatic heterocycles. The summed E-state index contributed by atoms with van der Waals surface area (Å²) in [5.41, 5.74) is 1.11. The van der Waals surface area contributed by atoms with Crippen molar-refractivity contribution in [2.45, 2.75) is 18.8 Å². The Balaban J connectivity index is 1.89. The van der Waals surface area contributed by atoms with Crippen LogP contribution in [-0.2, 0) is 0 Å². The average molecular weight is 235 g/mol. The molecule has 3 heteroatoms. The molecule has 0 amide bonds. The van der Waals surface area contributed by atoms with E-state index in [4.69, 9.17) is 0 Å². The maximum atomic E-state index is 4.63. The molecular weight excluding hydrogens is 222 g/mol. The van der Waals surface area contributed by atoms with Gasteiger partial charge in [-0.2, -0.15) is 5.10 Å². The maximum Gasteiger partial charge on any atom is 0.181 e. The minimum absolute atomic E-state index is 0.612. The van der Waals surface area contributed by atoms with Crippen LogP contribution in [0.5, 0.6) is 0 Å². The van der Waals surface area contributed by atoms with Crippen molar-refractivity contribution in [2.75, 3.05) is 0 Å². The Kier molecular flexibility index (Phi) is 2.00. The van der Waals surface area contributed by atoms with E-state index in [1.165, 1.54) is 23.6 Å². The number of fused-ring (bicyclic) bond motifs is 1. The highest BCUT2D eigenvalue weighted by atomic mass is 15.2. The summed E-state index contributed by atoms with van der Waals surface area (Å²) in [4.78, 5) is 4.63. The van der Waals surface area contributed by atoms with Crippen molar-refractivity contribution in [1.29, 1.82) is 0 Å². The van der Waals surface area contributed by atoms with Crippen molar-refractivity contribution in [3.63, 3.8) is 0 Å². The highest BCUT2D eigenvalue weighted by molar-refractivity contribution is 5.94. The molecule has 0 atom stereocenters. The second-order valence-electron chi connectivity index (χ2n) is 4.85. The Morgan fingerprint density at radius 3 is 2.72 bits per heavy atom. The lowest BCUT2D eigenvalue weighted by atomic mass is 10.0. The van der Waals surface area contributed by atoms with Crippen LogP contribution < -0.4 is 0 Å². The van der Waals surface area contributed by atoms with Crippen LogP contribution in [0.25, 0.3) is 22.2 Å². The van der Waals surface area contributed by atoms with Crippen molar-refractivity contribution in [3.05, 3.63) is 48.3 Å². The fourth-order valence-corrected chi connectivity index (χ4v) is 2.35. The van der Waals surface area contributed by atoms with Crippen molar-refractivity contribution in [1.82, 2.24) is 15.2 Å². The predicted octanol–water partition coefficient (Wildman–Crippen LogP) is 3.50. The third-order valence-electron chi connectivity index (χ3n) is 3.50. The first-order chi connectivity index (χ1) is 8.92. The van der Waals surface area contributed by atoms with Crippen molar-refractivity contribution in [2.24, 2.45) is 0 Å². The van der Waals surface area contributed by atoms with Crippen LogP contribution in [-0.4, -0.2) is 15.2 Å². The smallest absolute Gasteiger partial charge is 0.181 e. The minimum atomic E-state index is 0.612. The van der Waals surface area contributed by atoms with E-state index in [2.05, 4.69) is 57.6 Å². The second kappa shape index (κ2) is 3.67. The number of nitrogens with zero attached hydrogens (tertiary/aromatic N) is 2. The molecule has 1 aliphatic rings. The lowest BCUT2D eigenvalue weighted by molar-refractivity contribution is 0.935. The second-order valence-corrected chi connectivity index (χ2v) is 4.85. The lowest BCUT2D eigenvalue weighted by Crippen LogP contribution is -1.84. The Morgan fingerprint density at radius 2 is 1.83 bits per heavy atom. The number of nitrogens with one attached hydrogen (secondary N) is 1. The molecule has 0 bridgehead atoms. The van der Waals surface area contributed by atoms with Crippen LogP contribution in [0.3, 0.4) is 0 Å². The number of rotatable bonds is 2. The lowest BCUT2D eigenvalue weighted by Gasteiger charge is -2.02. The van der Waals surface area contributed by atoms with E-state index in [1.807, 2.05) is 0 Å². The van der Waals surface area contributed by atoms with Crippen LogP contribution >= 0.6 is 0 Å². The number of aromatic nitrogens is 3. The van der Waals surface area contributed by atoms with E-state index >= 15 is 0 Å². The van der Waals surface area contributed by atoms with Gasteiger partial charge in [-0.1, -0.05) is 42.5 Å². The fraction of sp³-hybridized carbons (Fsp3) is 0.200. The molecule has 1 heterocycles. The molecule has 1 N–H and O–H groups in total. The molecule has 1 saturated carbocycles. The molecule has 4 rings (SSSR count). The Bertz CT molecular complexity index is 705. The van der Waals surface area contributed by atoms with Crippen molar-refractivity contribution in [3.8, 4) is 11.4 Å². The predicted molar refractivity (Wildman–Crippen MR) is 71.3 cm³/mol. The molecule has 1 aliphatic carbocycles. The summed E-state index contributed by atoms with van der Waals surface area (Å²) in [7, 11) is 0. The van der Waals surface area contributed by atoms with Gasteiger partial charge < -0.3 is 0 Å². The number of aromatic amines is 1. The Hall–Kier alpha value is -2.16. The molecule has 3 nitrogen and oxygen atoms in total. The van der Waals surface area contributed by atoms with E-state index < -0.39 is 0 Å². The molecule has 18 heavy (non-hydrogen) atoms.